The van der Waals surface area contributed by atoms with E-state index in [4.69, 9.17) is 18.0 Å². The first-order chi connectivity index (χ1) is 11.7. The van der Waals surface area contributed by atoms with Crippen LogP contribution in [-0.2, 0) is 34.8 Å². The summed E-state index contributed by atoms with van der Waals surface area (Å²) in [4.78, 5) is 13.2. The number of amides is 1. The Morgan fingerprint density at radius 2 is 2.20 bits per heavy atom. The maximum atomic E-state index is 11.8. The summed E-state index contributed by atoms with van der Waals surface area (Å²) in [6, 6.07) is 0.00882. The van der Waals surface area contributed by atoms with Gasteiger partial charge in [0.15, 0.2) is 14.6 Å². The summed E-state index contributed by atoms with van der Waals surface area (Å²) < 4.78 is 27.7. The Labute approximate surface area is 153 Å². The van der Waals surface area contributed by atoms with Crippen molar-refractivity contribution in [2.45, 2.75) is 51.7 Å². The van der Waals surface area contributed by atoms with Gasteiger partial charge in [-0.2, -0.15) is 5.10 Å². The summed E-state index contributed by atoms with van der Waals surface area (Å²) in [5, 5.41) is 4.51. The van der Waals surface area contributed by atoms with E-state index in [2.05, 4.69) is 16.9 Å². The Hall–Kier alpha value is -1.26. The first kappa shape index (κ1) is 20.1. The van der Waals surface area contributed by atoms with E-state index in [-0.39, 0.29) is 29.9 Å². The lowest BCUT2D eigenvalue weighted by Gasteiger charge is -2.27. The molecule has 1 aliphatic heterocycles. The van der Waals surface area contributed by atoms with Gasteiger partial charge in [-0.05, 0) is 25.1 Å². The molecule has 1 aliphatic rings. The van der Waals surface area contributed by atoms with Gasteiger partial charge < -0.3 is 10.3 Å². The Balaban J connectivity index is 2.16. The predicted octanol–water partition coefficient (Wildman–Crippen LogP) is 0.616. The van der Waals surface area contributed by atoms with Crippen LogP contribution in [0.15, 0.2) is 0 Å². The van der Waals surface area contributed by atoms with Crippen molar-refractivity contribution < 1.29 is 13.2 Å². The lowest BCUT2D eigenvalue weighted by molar-refractivity contribution is -0.118. The molecule has 0 bridgehead atoms. The number of hydrogen-bond acceptors (Lipinski definition) is 6. The van der Waals surface area contributed by atoms with Crippen LogP contribution in [0.3, 0.4) is 0 Å². The van der Waals surface area contributed by atoms with Gasteiger partial charge in [0.05, 0.1) is 18.2 Å². The van der Waals surface area contributed by atoms with Crippen molar-refractivity contribution in [3.63, 3.8) is 0 Å². The molecule has 1 unspecified atom stereocenters. The first-order valence-electron chi connectivity index (χ1n) is 8.59. The molecule has 142 valence electrons. The van der Waals surface area contributed by atoms with E-state index in [1.54, 1.807) is 9.25 Å². The molecule has 0 radical (unpaired) electrons. The molecular formula is C15H27N5O3S2. The number of aryl methyl sites for hydroxylation is 1. The van der Waals surface area contributed by atoms with Crippen molar-refractivity contribution in [3.05, 3.63) is 10.6 Å². The van der Waals surface area contributed by atoms with Crippen molar-refractivity contribution in [2.75, 3.05) is 18.1 Å². The van der Waals surface area contributed by atoms with E-state index >= 15 is 0 Å². The maximum Gasteiger partial charge on any atom is 0.217 e. The molecular weight excluding hydrogens is 362 g/mol. The van der Waals surface area contributed by atoms with Crippen LogP contribution in [-0.4, -0.2) is 57.7 Å². The Morgan fingerprint density at radius 1 is 1.48 bits per heavy atom. The molecule has 1 aromatic rings. The Kier molecular flexibility index (Phi) is 6.75. The zero-order valence-electron chi connectivity index (χ0n) is 14.8. The second-order valence-corrected chi connectivity index (χ2v) is 9.18. The second-order valence-electron chi connectivity index (χ2n) is 6.59. The number of carbonyl (C=O) groups excluding carboxylic acids is 1. The zero-order valence-corrected chi connectivity index (χ0v) is 16.5. The third kappa shape index (κ3) is 5.35. The molecule has 1 saturated heterocycles. The number of carbonyl (C=O) groups is 1. The van der Waals surface area contributed by atoms with Crippen molar-refractivity contribution >= 4 is 28.0 Å². The van der Waals surface area contributed by atoms with Crippen LogP contribution in [0.2, 0.25) is 0 Å². The van der Waals surface area contributed by atoms with Gasteiger partial charge in [0.1, 0.15) is 5.82 Å². The Bertz CT molecular complexity index is 769. The highest BCUT2D eigenvalue weighted by atomic mass is 32.2. The highest BCUT2D eigenvalue weighted by molar-refractivity contribution is 7.91. The standard InChI is InChI=1S/C15H27N5O3S2/c1-3-4-8-19(12-7-9-25(22,23)10-12)11-20-15(24)18(2)14(17-20)6-5-13(16)21/h12H,3-11H2,1-2H3,(H2,16,21). The molecule has 8 nitrogen and oxygen atoms in total. The van der Waals surface area contributed by atoms with Gasteiger partial charge in [-0.3, -0.25) is 9.69 Å². The number of nitrogens with two attached hydrogens (primary N) is 1. The van der Waals surface area contributed by atoms with Gasteiger partial charge in [-0.25, -0.2) is 13.1 Å². The molecule has 1 atom stereocenters. The summed E-state index contributed by atoms with van der Waals surface area (Å²) in [7, 11) is -1.12. The van der Waals surface area contributed by atoms with Crippen molar-refractivity contribution in [3.8, 4) is 0 Å². The second kappa shape index (κ2) is 8.41. The summed E-state index contributed by atoms with van der Waals surface area (Å²) in [5.74, 6) is 0.780. The monoisotopic (exact) mass is 389 g/mol. The Morgan fingerprint density at radius 3 is 2.76 bits per heavy atom. The summed E-state index contributed by atoms with van der Waals surface area (Å²) in [5.41, 5.74) is 5.21. The fourth-order valence-corrected chi connectivity index (χ4v) is 5.01. The van der Waals surface area contributed by atoms with Crippen LogP contribution in [0.1, 0.15) is 38.4 Å². The number of sulfone groups is 1. The normalized spacial score (nSPS) is 19.6. The summed E-state index contributed by atoms with van der Waals surface area (Å²) in [6.45, 7) is 3.38. The maximum absolute atomic E-state index is 11.8. The van der Waals surface area contributed by atoms with E-state index in [0.717, 1.165) is 19.4 Å². The van der Waals surface area contributed by atoms with Gasteiger partial charge in [-0.15, -0.1) is 0 Å². The number of unbranched alkanes of at least 4 members (excludes halogenated alkanes) is 1. The predicted molar refractivity (Wildman–Crippen MR) is 98.2 cm³/mol. The molecule has 25 heavy (non-hydrogen) atoms. The minimum Gasteiger partial charge on any atom is -0.370 e. The smallest absolute Gasteiger partial charge is 0.217 e. The molecule has 1 amide bonds. The van der Waals surface area contributed by atoms with Crippen molar-refractivity contribution in [1.82, 2.24) is 19.2 Å². The largest absolute Gasteiger partial charge is 0.370 e. The number of rotatable bonds is 9. The van der Waals surface area contributed by atoms with Gasteiger partial charge in [0.2, 0.25) is 5.91 Å². The molecule has 2 N–H and O–H groups in total. The number of aromatic nitrogens is 3. The summed E-state index contributed by atoms with van der Waals surface area (Å²) >= 11 is 5.45. The van der Waals surface area contributed by atoms with E-state index in [0.29, 0.717) is 30.1 Å². The molecule has 0 aliphatic carbocycles. The van der Waals surface area contributed by atoms with Crippen LogP contribution in [0.25, 0.3) is 0 Å². The quantitative estimate of drug-likeness (QED) is 0.621. The highest BCUT2D eigenvalue weighted by Crippen LogP contribution is 2.19. The zero-order chi connectivity index (χ0) is 18.6. The van der Waals surface area contributed by atoms with Crippen LogP contribution < -0.4 is 5.73 Å². The minimum atomic E-state index is -2.94. The van der Waals surface area contributed by atoms with E-state index < -0.39 is 9.84 Å². The highest BCUT2D eigenvalue weighted by Gasteiger charge is 2.32. The molecule has 0 saturated carbocycles. The average Bonchev–Trinajstić information content (AvgIpc) is 3.03. The van der Waals surface area contributed by atoms with Gasteiger partial charge in [-0.1, -0.05) is 13.3 Å². The fraction of sp³-hybridized carbons (Fsp3) is 0.800. The molecule has 1 fully saturated rings. The summed E-state index contributed by atoms with van der Waals surface area (Å²) in [6.07, 6.45) is 3.34. The van der Waals surface area contributed by atoms with Gasteiger partial charge in [0.25, 0.3) is 0 Å². The average molecular weight is 390 g/mol. The number of hydrogen-bond donors (Lipinski definition) is 1. The number of nitrogens with zero attached hydrogens (tertiary/aromatic N) is 4. The molecule has 2 heterocycles. The van der Waals surface area contributed by atoms with E-state index in [9.17, 15) is 13.2 Å². The topological polar surface area (TPSA) is 103 Å². The van der Waals surface area contributed by atoms with Crippen LogP contribution >= 0.6 is 12.2 Å². The van der Waals surface area contributed by atoms with Crippen LogP contribution in [0, 0.1) is 4.77 Å². The molecule has 0 spiro atoms. The van der Waals surface area contributed by atoms with Crippen LogP contribution in [0.5, 0.6) is 0 Å². The SMILES string of the molecule is CCCCN(Cn1nc(CCC(N)=O)n(C)c1=S)C1CCS(=O)(=O)C1. The third-order valence-electron chi connectivity index (χ3n) is 4.57. The van der Waals surface area contributed by atoms with Crippen molar-refractivity contribution in [2.24, 2.45) is 12.8 Å². The van der Waals surface area contributed by atoms with Crippen LogP contribution in [0.4, 0.5) is 0 Å². The molecule has 0 aromatic carbocycles. The fourth-order valence-electron chi connectivity index (χ4n) is 3.04. The van der Waals surface area contributed by atoms with Crippen molar-refractivity contribution in [1.29, 1.82) is 0 Å². The van der Waals surface area contributed by atoms with E-state index in [1.165, 1.54) is 0 Å². The number of primary amides is 1. The van der Waals surface area contributed by atoms with Gasteiger partial charge in [0, 0.05) is 32.5 Å². The lowest BCUT2D eigenvalue weighted by Crippen LogP contribution is -2.38. The van der Waals surface area contributed by atoms with Gasteiger partial charge >= 0.3 is 0 Å². The molecule has 2 rings (SSSR count). The van der Waals surface area contributed by atoms with E-state index in [1.807, 2.05) is 7.05 Å². The lowest BCUT2D eigenvalue weighted by atomic mass is 10.2. The first-order valence-corrected chi connectivity index (χ1v) is 10.8. The third-order valence-corrected chi connectivity index (χ3v) is 6.80. The minimum absolute atomic E-state index is 0.00882. The molecule has 10 heteroatoms. The molecule has 1 aromatic heterocycles.